The standard InChI is InChI=1S/C9H7IN2O2/c10-6-3-1-2-5-8(6)12-7(13)4-11-9(5)14/h1-3H,4H2,(H,11,14)(H,12,13). The topological polar surface area (TPSA) is 58.2 Å². The second-order valence-electron chi connectivity index (χ2n) is 2.89. The van der Waals surface area contributed by atoms with Gasteiger partial charge in [-0.3, -0.25) is 9.59 Å². The van der Waals surface area contributed by atoms with E-state index in [1.54, 1.807) is 12.1 Å². The van der Waals surface area contributed by atoms with E-state index in [2.05, 4.69) is 33.2 Å². The predicted molar refractivity (Wildman–Crippen MR) is 60.1 cm³/mol. The number of hydrogen-bond acceptors (Lipinski definition) is 2. The van der Waals surface area contributed by atoms with Crippen LogP contribution in [0.4, 0.5) is 5.69 Å². The van der Waals surface area contributed by atoms with Gasteiger partial charge in [0.2, 0.25) is 5.91 Å². The van der Waals surface area contributed by atoms with Crippen LogP contribution in [0, 0.1) is 3.57 Å². The quantitative estimate of drug-likeness (QED) is 0.702. The predicted octanol–water partition coefficient (Wildman–Crippen LogP) is 0.973. The fraction of sp³-hybridized carbons (Fsp3) is 0.111. The maximum atomic E-state index is 11.5. The van der Waals surface area contributed by atoms with E-state index >= 15 is 0 Å². The lowest BCUT2D eigenvalue weighted by Crippen LogP contribution is -2.28. The molecular weight excluding hydrogens is 295 g/mol. The molecule has 2 N–H and O–H groups in total. The Labute approximate surface area is 94.2 Å². The van der Waals surface area contributed by atoms with E-state index in [1.165, 1.54) is 0 Å². The van der Waals surface area contributed by atoms with Crippen LogP contribution in [-0.4, -0.2) is 18.4 Å². The number of anilines is 1. The fourth-order valence-corrected chi connectivity index (χ4v) is 1.91. The summed E-state index contributed by atoms with van der Waals surface area (Å²) >= 11 is 2.09. The van der Waals surface area contributed by atoms with Crippen LogP contribution in [-0.2, 0) is 4.79 Å². The highest BCUT2D eigenvalue weighted by molar-refractivity contribution is 14.1. The highest BCUT2D eigenvalue weighted by Crippen LogP contribution is 2.23. The number of carbonyl (C=O) groups is 2. The van der Waals surface area contributed by atoms with E-state index in [0.29, 0.717) is 11.3 Å². The van der Waals surface area contributed by atoms with Crippen molar-refractivity contribution >= 4 is 40.1 Å². The minimum Gasteiger partial charge on any atom is -0.343 e. The van der Waals surface area contributed by atoms with Gasteiger partial charge in [0.25, 0.3) is 5.91 Å². The van der Waals surface area contributed by atoms with Crippen LogP contribution in [0.5, 0.6) is 0 Å². The molecular formula is C9H7IN2O2. The van der Waals surface area contributed by atoms with Crippen molar-refractivity contribution in [3.63, 3.8) is 0 Å². The Hall–Kier alpha value is -1.11. The molecule has 0 saturated heterocycles. The van der Waals surface area contributed by atoms with Gasteiger partial charge in [-0.15, -0.1) is 0 Å². The van der Waals surface area contributed by atoms with Crippen molar-refractivity contribution in [2.75, 3.05) is 11.9 Å². The van der Waals surface area contributed by atoms with Gasteiger partial charge >= 0.3 is 0 Å². The molecule has 0 saturated carbocycles. The minimum absolute atomic E-state index is 0.0313. The molecule has 0 atom stereocenters. The number of fused-ring (bicyclic) bond motifs is 1. The second-order valence-corrected chi connectivity index (χ2v) is 4.06. The van der Waals surface area contributed by atoms with E-state index in [0.717, 1.165) is 3.57 Å². The van der Waals surface area contributed by atoms with Crippen LogP contribution in [0.1, 0.15) is 10.4 Å². The van der Waals surface area contributed by atoms with Gasteiger partial charge in [-0.1, -0.05) is 6.07 Å². The maximum absolute atomic E-state index is 11.5. The average molecular weight is 302 g/mol. The van der Waals surface area contributed by atoms with E-state index < -0.39 is 0 Å². The Balaban J connectivity index is 2.57. The molecule has 4 nitrogen and oxygen atoms in total. The second kappa shape index (κ2) is 3.56. The Kier molecular flexibility index (Phi) is 2.40. The van der Waals surface area contributed by atoms with Crippen LogP contribution >= 0.6 is 22.6 Å². The summed E-state index contributed by atoms with van der Waals surface area (Å²) < 4.78 is 0.866. The monoisotopic (exact) mass is 302 g/mol. The molecule has 0 spiro atoms. The normalized spacial score (nSPS) is 15.2. The summed E-state index contributed by atoms with van der Waals surface area (Å²) in [6.07, 6.45) is 0. The number of halogens is 1. The van der Waals surface area contributed by atoms with Crippen LogP contribution in [0.25, 0.3) is 0 Å². The molecule has 1 heterocycles. The lowest BCUT2D eigenvalue weighted by molar-refractivity contribution is -0.115. The molecule has 72 valence electrons. The van der Waals surface area contributed by atoms with Gasteiger partial charge in [0.1, 0.15) is 0 Å². The number of rotatable bonds is 0. The van der Waals surface area contributed by atoms with E-state index in [-0.39, 0.29) is 18.4 Å². The first-order valence-corrected chi connectivity index (χ1v) is 5.13. The van der Waals surface area contributed by atoms with Crippen molar-refractivity contribution in [3.8, 4) is 0 Å². The van der Waals surface area contributed by atoms with Gasteiger partial charge < -0.3 is 10.6 Å². The summed E-state index contributed by atoms with van der Waals surface area (Å²) in [6.45, 7) is 0.0313. The Morgan fingerprint density at radius 3 is 2.86 bits per heavy atom. The molecule has 0 bridgehead atoms. The molecule has 0 aromatic heterocycles. The van der Waals surface area contributed by atoms with Gasteiger partial charge in [-0.25, -0.2) is 0 Å². The molecule has 1 aliphatic heterocycles. The molecule has 0 radical (unpaired) electrons. The molecule has 5 heteroatoms. The smallest absolute Gasteiger partial charge is 0.253 e. The maximum Gasteiger partial charge on any atom is 0.253 e. The summed E-state index contributed by atoms with van der Waals surface area (Å²) in [6, 6.07) is 5.33. The molecule has 1 aliphatic rings. The minimum atomic E-state index is -0.211. The Morgan fingerprint density at radius 1 is 1.29 bits per heavy atom. The lowest BCUT2D eigenvalue weighted by atomic mass is 10.2. The summed E-state index contributed by atoms with van der Waals surface area (Å²) in [5.41, 5.74) is 1.12. The highest BCUT2D eigenvalue weighted by Gasteiger charge is 2.19. The van der Waals surface area contributed by atoms with Crippen LogP contribution in [0.3, 0.4) is 0 Å². The van der Waals surface area contributed by atoms with Crippen molar-refractivity contribution in [2.45, 2.75) is 0 Å². The third-order valence-corrected chi connectivity index (χ3v) is 2.83. The van der Waals surface area contributed by atoms with Gasteiger partial charge in [-0.05, 0) is 34.7 Å². The number of para-hydroxylation sites is 1. The fourth-order valence-electron chi connectivity index (χ4n) is 1.28. The molecule has 0 fully saturated rings. The largest absolute Gasteiger partial charge is 0.343 e. The summed E-state index contributed by atoms with van der Waals surface area (Å²) in [5, 5.41) is 5.21. The molecule has 1 aromatic rings. The third kappa shape index (κ3) is 1.59. The molecule has 14 heavy (non-hydrogen) atoms. The van der Waals surface area contributed by atoms with Crippen molar-refractivity contribution < 1.29 is 9.59 Å². The van der Waals surface area contributed by atoms with Gasteiger partial charge in [0.15, 0.2) is 0 Å². The zero-order valence-electron chi connectivity index (χ0n) is 7.13. The average Bonchev–Trinajstić information content (AvgIpc) is 2.30. The van der Waals surface area contributed by atoms with Crippen LogP contribution < -0.4 is 10.6 Å². The Morgan fingerprint density at radius 2 is 2.07 bits per heavy atom. The lowest BCUT2D eigenvalue weighted by Gasteiger charge is -2.06. The first kappa shape index (κ1) is 9.45. The number of amides is 2. The van der Waals surface area contributed by atoms with Gasteiger partial charge in [0.05, 0.1) is 17.8 Å². The zero-order chi connectivity index (χ0) is 10.1. The van der Waals surface area contributed by atoms with Gasteiger partial charge in [0, 0.05) is 3.57 Å². The molecule has 0 aliphatic carbocycles. The van der Waals surface area contributed by atoms with Crippen LogP contribution in [0.2, 0.25) is 0 Å². The first-order valence-electron chi connectivity index (χ1n) is 4.05. The van der Waals surface area contributed by atoms with Crippen molar-refractivity contribution in [1.29, 1.82) is 0 Å². The van der Waals surface area contributed by atoms with E-state index in [9.17, 15) is 9.59 Å². The first-order chi connectivity index (χ1) is 6.68. The number of nitrogens with one attached hydrogen (secondary N) is 2. The summed E-state index contributed by atoms with van der Waals surface area (Å²) in [4.78, 5) is 22.7. The van der Waals surface area contributed by atoms with Crippen molar-refractivity contribution in [3.05, 3.63) is 27.3 Å². The number of benzene rings is 1. The molecule has 0 unspecified atom stereocenters. The third-order valence-electron chi connectivity index (χ3n) is 1.93. The van der Waals surface area contributed by atoms with E-state index in [1.807, 2.05) is 6.07 Å². The number of carbonyl (C=O) groups excluding carboxylic acids is 2. The number of hydrogen-bond donors (Lipinski definition) is 2. The van der Waals surface area contributed by atoms with Crippen LogP contribution in [0.15, 0.2) is 18.2 Å². The summed E-state index contributed by atoms with van der Waals surface area (Å²) in [5.74, 6) is -0.405. The van der Waals surface area contributed by atoms with Crippen molar-refractivity contribution in [2.24, 2.45) is 0 Å². The van der Waals surface area contributed by atoms with E-state index in [4.69, 9.17) is 0 Å². The SMILES string of the molecule is O=C1CNC(=O)c2cccc(I)c2N1. The zero-order valence-corrected chi connectivity index (χ0v) is 9.29. The molecule has 1 aromatic carbocycles. The molecule has 2 rings (SSSR count). The molecule has 2 amide bonds. The van der Waals surface area contributed by atoms with Gasteiger partial charge in [-0.2, -0.15) is 0 Å². The summed E-state index contributed by atoms with van der Waals surface area (Å²) in [7, 11) is 0. The van der Waals surface area contributed by atoms with Crippen molar-refractivity contribution in [1.82, 2.24) is 5.32 Å². The Bertz CT molecular complexity index is 417. The highest BCUT2D eigenvalue weighted by atomic mass is 127.